The van der Waals surface area contributed by atoms with E-state index in [0.717, 1.165) is 0 Å². The highest BCUT2D eigenvalue weighted by Gasteiger charge is 2.18. The Labute approximate surface area is 92.9 Å². The molecule has 0 aromatic heterocycles. The van der Waals surface area contributed by atoms with Gasteiger partial charge in [0.1, 0.15) is 0 Å². The maximum Gasteiger partial charge on any atom is 0.0374 e. The van der Waals surface area contributed by atoms with Crippen LogP contribution in [-0.4, -0.2) is 6.04 Å². The Kier molecular flexibility index (Phi) is 2.49. The smallest absolute Gasteiger partial charge is 0.0374 e. The first-order chi connectivity index (χ1) is 6.97. The third-order valence-electron chi connectivity index (χ3n) is 3.22. The Hall–Kier alpha value is -0.980. The van der Waals surface area contributed by atoms with Gasteiger partial charge in [0.25, 0.3) is 0 Å². The minimum absolute atomic E-state index is 0.262. The highest BCUT2D eigenvalue weighted by molar-refractivity contribution is 5.55. The van der Waals surface area contributed by atoms with Crippen LogP contribution in [0.5, 0.6) is 0 Å². The fourth-order valence-corrected chi connectivity index (χ4v) is 2.12. The zero-order valence-corrected chi connectivity index (χ0v) is 10.2. The normalized spacial score (nSPS) is 20.7. The first-order valence-electron chi connectivity index (χ1n) is 5.87. The Bertz CT molecular complexity index is 360. The molecule has 1 aliphatic heterocycles. The van der Waals surface area contributed by atoms with Crippen molar-refractivity contribution in [2.45, 2.75) is 52.0 Å². The summed E-state index contributed by atoms with van der Waals surface area (Å²) in [4.78, 5) is 0. The van der Waals surface area contributed by atoms with Crippen LogP contribution in [-0.2, 0) is 11.8 Å². The van der Waals surface area contributed by atoms with E-state index in [2.05, 4.69) is 51.2 Å². The monoisotopic (exact) mass is 203 g/mol. The van der Waals surface area contributed by atoms with Crippen molar-refractivity contribution in [3.05, 3.63) is 29.3 Å². The van der Waals surface area contributed by atoms with Gasteiger partial charge >= 0.3 is 0 Å². The van der Waals surface area contributed by atoms with Gasteiger partial charge in [-0.25, -0.2) is 0 Å². The minimum atomic E-state index is 0.262. The molecule has 0 spiro atoms. The summed E-state index contributed by atoms with van der Waals surface area (Å²) in [5, 5.41) is 3.54. The molecule has 0 aliphatic carbocycles. The molecule has 1 N–H and O–H groups in total. The quantitative estimate of drug-likeness (QED) is 0.677. The molecule has 1 aliphatic rings. The van der Waals surface area contributed by atoms with E-state index in [0.29, 0.717) is 6.04 Å². The summed E-state index contributed by atoms with van der Waals surface area (Å²) in [5.74, 6) is 0. The van der Waals surface area contributed by atoms with Gasteiger partial charge in [0, 0.05) is 11.7 Å². The number of hydrogen-bond donors (Lipinski definition) is 1. The van der Waals surface area contributed by atoms with Gasteiger partial charge in [-0.3, -0.25) is 0 Å². The van der Waals surface area contributed by atoms with Crippen molar-refractivity contribution >= 4 is 5.69 Å². The van der Waals surface area contributed by atoms with Crippen molar-refractivity contribution in [3.63, 3.8) is 0 Å². The molecule has 0 saturated carbocycles. The highest BCUT2D eigenvalue weighted by Crippen LogP contribution is 2.30. The number of benzene rings is 1. The van der Waals surface area contributed by atoms with Crippen molar-refractivity contribution in [2.24, 2.45) is 0 Å². The molecule has 0 fully saturated rings. The molecule has 1 aromatic carbocycles. The van der Waals surface area contributed by atoms with E-state index >= 15 is 0 Å². The van der Waals surface area contributed by atoms with E-state index in [-0.39, 0.29) is 5.41 Å². The molecule has 0 amide bonds. The molecule has 1 heteroatoms. The van der Waals surface area contributed by atoms with Crippen LogP contribution in [0.15, 0.2) is 18.2 Å². The van der Waals surface area contributed by atoms with Crippen LogP contribution in [0.25, 0.3) is 0 Å². The minimum Gasteiger partial charge on any atom is -0.382 e. The molecule has 1 atom stereocenters. The lowest BCUT2D eigenvalue weighted by Crippen LogP contribution is -2.22. The molecule has 15 heavy (non-hydrogen) atoms. The molecule has 1 aromatic rings. The van der Waals surface area contributed by atoms with Crippen LogP contribution in [0.1, 0.15) is 45.2 Å². The average Bonchev–Trinajstić information content (AvgIpc) is 2.15. The van der Waals surface area contributed by atoms with Crippen molar-refractivity contribution < 1.29 is 0 Å². The molecular weight excluding hydrogens is 182 g/mol. The van der Waals surface area contributed by atoms with Gasteiger partial charge in [0.05, 0.1) is 0 Å². The van der Waals surface area contributed by atoms with Gasteiger partial charge in [0.2, 0.25) is 0 Å². The maximum absolute atomic E-state index is 3.54. The second-order valence-corrected chi connectivity index (χ2v) is 5.71. The summed E-state index contributed by atoms with van der Waals surface area (Å²) in [6.07, 6.45) is 2.47. The average molecular weight is 203 g/mol. The second-order valence-electron chi connectivity index (χ2n) is 5.71. The van der Waals surface area contributed by atoms with Crippen LogP contribution >= 0.6 is 0 Å². The number of aryl methyl sites for hydroxylation is 1. The van der Waals surface area contributed by atoms with E-state index in [1.54, 1.807) is 0 Å². The Morgan fingerprint density at radius 3 is 2.67 bits per heavy atom. The number of fused-ring (bicyclic) bond motifs is 1. The van der Waals surface area contributed by atoms with E-state index in [4.69, 9.17) is 0 Å². The lowest BCUT2D eigenvalue weighted by atomic mass is 9.84. The zero-order valence-electron chi connectivity index (χ0n) is 10.2. The first-order valence-corrected chi connectivity index (χ1v) is 5.87. The molecule has 1 nitrogen and oxygen atoms in total. The van der Waals surface area contributed by atoms with Crippen molar-refractivity contribution in [3.8, 4) is 0 Å². The van der Waals surface area contributed by atoms with Crippen LogP contribution < -0.4 is 5.32 Å². The molecule has 2 rings (SSSR count). The second kappa shape index (κ2) is 3.55. The van der Waals surface area contributed by atoms with Gasteiger partial charge in [-0.15, -0.1) is 0 Å². The van der Waals surface area contributed by atoms with Crippen LogP contribution in [0.3, 0.4) is 0 Å². The topological polar surface area (TPSA) is 12.0 Å². The van der Waals surface area contributed by atoms with E-state index < -0.39 is 0 Å². The highest BCUT2D eigenvalue weighted by atomic mass is 14.9. The summed E-state index contributed by atoms with van der Waals surface area (Å²) in [6.45, 7) is 9.06. The van der Waals surface area contributed by atoms with Gasteiger partial charge in [-0.1, -0.05) is 32.9 Å². The van der Waals surface area contributed by atoms with Gasteiger partial charge in [-0.2, -0.15) is 0 Å². The fourth-order valence-electron chi connectivity index (χ4n) is 2.12. The summed E-state index contributed by atoms with van der Waals surface area (Å²) in [6, 6.07) is 7.49. The molecule has 1 heterocycles. The van der Waals surface area contributed by atoms with Gasteiger partial charge < -0.3 is 5.32 Å². The molecule has 82 valence electrons. The predicted octanol–water partition coefficient (Wildman–Crippen LogP) is 3.73. The van der Waals surface area contributed by atoms with Gasteiger partial charge in [-0.05, 0) is 42.4 Å². The van der Waals surface area contributed by atoms with E-state index in [1.165, 1.54) is 29.7 Å². The molecule has 0 bridgehead atoms. The standard InChI is InChI=1S/C14H21N/c1-10-5-6-11-9-12(14(2,3)4)7-8-13(11)15-10/h7-10,15H,5-6H2,1-4H3. The SMILES string of the molecule is CC1CCc2cc(C(C)(C)C)ccc2N1. The number of rotatable bonds is 0. The number of nitrogens with one attached hydrogen (secondary N) is 1. The lowest BCUT2D eigenvalue weighted by molar-refractivity contribution is 0.587. The molecule has 0 saturated heterocycles. The van der Waals surface area contributed by atoms with E-state index in [1.807, 2.05) is 0 Å². The Morgan fingerprint density at radius 2 is 2.00 bits per heavy atom. The molecule has 0 radical (unpaired) electrons. The van der Waals surface area contributed by atoms with Crippen molar-refractivity contribution in [1.29, 1.82) is 0 Å². The van der Waals surface area contributed by atoms with Crippen LogP contribution in [0.2, 0.25) is 0 Å². The Balaban J connectivity index is 2.35. The molecular formula is C14H21N. The largest absolute Gasteiger partial charge is 0.382 e. The number of hydrogen-bond acceptors (Lipinski definition) is 1. The lowest BCUT2D eigenvalue weighted by Gasteiger charge is -2.27. The summed E-state index contributed by atoms with van der Waals surface area (Å²) >= 11 is 0. The Morgan fingerprint density at radius 1 is 1.27 bits per heavy atom. The van der Waals surface area contributed by atoms with Crippen molar-refractivity contribution in [1.82, 2.24) is 0 Å². The summed E-state index contributed by atoms with van der Waals surface area (Å²) in [5.41, 5.74) is 4.53. The zero-order chi connectivity index (χ0) is 11.1. The fraction of sp³-hybridized carbons (Fsp3) is 0.571. The van der Waals surface area contributed by atoms with Crippen LogP contribution in [0, 0.1) is 0 Å². The number of anilines is 1. The molecule has 1 unspecified atom stereocenters. The summed E-state index contributed by atoms with van der Waals surface area (Å²) in [7, 11) is 0. The van der Waals surface area contributed by atoms with Crippen molar-refractivity contribution in [2.75, 3.05) is 5.32 Å². The van der Waals surface area contributed by atoms with Crippen LogP contribution in [0.4, 0.5) is 5.69 Å². The predicted molar refractivity (Wildman–Crippen MR) is 66.5 cm³/mol. The van der Waals surface area contributed by atoms with E-state index in [9.17, 15) is 0 Å². The van der Waals surface area contributed by atoms with Gasteiger partial charge in [0.15, 0.2) is 0 Å². The third kappa shape index (κ3) is 2.17. The maximum atomic E-state index is 3.54. The summed E-state index contributed by atoms with van der Waals surface area (Å²) < 4.78 is 0. The first kappa shape index (κ1) is 10.5. The third-order valence-corrected chi connectivity index (χ3v) is 3.22.